The number of aryl methyl sites for hydroxylation is 3. The number of hydrogen-bond donors (Lipinski definition) is 1. The van der Waals surface area contributed by atoms with Crippen LogP contribution in [0.15, 0.2) is 29.3 Å². The van der Waals surface area contributed by atoms with Crippen LogP contribution in [-0.2, 0) is 17.6 Å². The van der Waals surface area contributed by atoms with Gasteiger partial charge in [-0.2, -0.15) is 5.26 Å². The van der Waals surface area contributed by atoms with E-state index in [1.54, 1.807) is 13.0 Å². The van der Waals surface area contributed by atoms with Crippen LogP contribution < -0.4 is 5.32 Å². The Labute approximate surface area is 150 Å². The van der Waals surface area contributed by atoms with Gasteiger partial charge in [0, 0.05) is 11.4 Å². The van der Waals surface area contributed by atoms with E-state index in [-0.39, 0.29) is 11.7 Å². The Bertz CT molecular complexity index is 860. The molecular weight excluding hydrogens is 337 g/mol. The summed E-state index contributed by atoms with van der Waals surface area (Å²) in [4.78, 5) is 16.8. The molecule has 6 heteroatoms. The Kier molecular flexibility index (Phi) is 5.34. The number of carbonyl (C=O) groups excluding carboxylic acids is 1. The van der Waals surface area contributed by atoms with Gasteiger partial charge in [-0.25, -0.2) is 9.37 Å². The van der Waals surface area contributed by atoms with Crippen molar-refractivity contribution in [2.24, 2.45) is 0 Å². The normalized spacial score (nSPS) is 13.0. The molecule has 2 aromatic rings. The third-order valence-electron chi connectivity index (χ3n) is 4.20. The van der Waals surface area contributed by atoms with E-state index in [1.165, 1.54) is 23.9 Å². The van der Waals surface area contributed by atoms with Crippen LogP contribution in [0, 0.1) is 24.1 Å². The number of thioether (sulfide) groups is 1. The number of hydrogen-bond acceptors (Lipinski definition) is 4. The van der Waals surface area contributed by atoms with Gasteiger partial charge in [0.25, 0.3) is 0 Å². The van der Waals surface area contributed by atoms with Crippen molar-refractivity contribution in [2.45, 2.75) is 37.6 Å². The molecule has 4 nitrogen and oxygen atoms in total. The largest absolute Gasteiger partial charge is 0.325 e. The fourth-order valence-electron chi connectivity index (χ4n) is 2.85. The maximum atomic E-state index is 13.3. The van der Waals surface area contributed by atoms with E-state index in [4.69, 9.17) is 0 Å². The van der Waals surface area contributed by atoms with Crippen molar-refractivity contribution >= 4 is 23.4 Å². The van der Waals surface area contributed by atoms with Gasteiger partial charge in [0.15, 0.2) is 0 Å². The lowest BCUT2D eigenvalue weighted by Gasteiger charge is -2.16. The lowest BCUT2D eigenvalue weighted by Crippen LogP contribution is -2.15. The highest BCUT2D eigenvalue weighted by atomic mass is 32.2. The van der Waals surface area contributed by atoms with Crippen LogP contribution >= 0.6 is 11.8 Å². The van der Waals surface area contributed by atoms with Crippen LogP contribution in [0.25, 0.3) is 0 Å². The molecule has 0 atom stereocenters. The van der Waals surface area contributed by atoms with Crippen LogP contribution in [-0.4, -0.2) is 16.6 Å². The Morgan fingerprint density at radius 3 is 2.96 bits per heavy atom. The minimum Gasteiger partial charge on any atom is -0.325 e. The molecular formula is C19H18FN3OS. The highest BCUT2D eigenvalue weighted by Crippen LogP contribution is 2.27. The van der Waals surface area contributed by atoms with E-state index in [1.807, 2.05) is 6.07 Å². The number of carbonyl (C=O) groups is 1. The summed E-state index contributed by atoms with van der Waals surface area (Å²) >= 11 is 1.24. The van der Waals surface area contributed by atoms with Crippen molar-refractivity contribution in [3.05, 3.63) is 52.5 Å². The number of nitriles is 1. The topological polar surface area (TPSA) is 65.8 Å². The zero-order valence-corrected chi connectivity index (χ0v) is 14.8. The molecule has 0 aliphatic heterocycles. The van der Waals surface area contributed by atoms with Crippen molar-refractivity contribution in [3.8, 4) is 6.07 Å². The number of fused-ring (bicyclic) bond motifs is 1. The zero-order valence-electron chi connectivity index (χ0n) is 13.9. The summed E-state index contributed by atoms with van der Waals surface area (Å²) in [5.41, 5.74) is 3.95. The number of benzene rings is 1. The molecule has 1 aliphatic carbocycles. The van der Waals surface area contributed by atoms with E-state index in [9.17, 15) is 14.4 Å². The SMILES string of the molecule is Cc1ccc(F)cc1NC(=O)CSc1nc2c(cc1C#N)CCCC2. The molecule has 0 unspecified atom stereocenters. The van der Waals surface area contributed by atoms with Crippen LogP contribution in [0.4, 0.5) is 10.1 Å². The van der Waals surface area contributed by atoms with Crippen molar-refractivity contribution < 1.29 is 9.18 Å². The van der Waals surface area contributed by atoms with Crippen LogP contribution in [0.1, 0.15) is 35.2 Å². The molecule has 25 heavy (non-hydrogen) atoms. The molecule has 0 spiro atoms. The molecule has 1 N–H and O–H groups in total. The number of anilines is 1. The van der Waals surface area contributed by atoms with E-state index in [0.717, 1.165) is 42.5 Å². The minimum absolute atomic E-state index is 0.121. The van der Waals surface area contributed by atoms with Gasteiger partial charge < -0.3 is 5.32 Å². The van der Waals surface area contributed by atoms with Crippen molar-refractivity contribution in [3.63, 3.8) is 0 Å². The molecule has 1 aromatic carbocycles. The number of pyridine rings is 1. The summed E-state index contributed by atoms with van der Waals surface area (Å²) in [6.45, 7) is 1.81. The first-order valence-corrected chi connectivity index (χ1v) is 9.17. The molecule has 0 fully saturated rings. The molecule has 3 rings (SSSR count). The molecule has 1 aliphatic rings. The Morgan fingerprint density at radius 2 is 2.16 bits per heavy atom. The fourth-order valence-corrected chi connectivity index (χ4v) is 3.63. The van der Waals surface area contributed by atoms with E-state index >= 15 is 0 Å². The van der Waals surface area contributed by atoms with Crippen LogP contribution in [0.5, 0.6) is 0 Å². The van der Waals surface area contributed by atoms with Gasteiger partial charge in [-0.15, -0.1) is 0 Å². The third-order valence-corrected chi connectivity index (χ3v) is 5.19. The van der Waals surface area contributed by atoms with Gasteiger partial charge in [-0.3, -0.25) is 4.79 Å². The van der Waals surface area contributed by atoms with Crippen LogP contribution in [0.2, 0.25) is 0 Å². The summed E-state index contributed by atoms with van der Waals surface area (Å²) in [7, 11) is 0. The van der Waals surface area contributed by atoms with Crippen molar-refractivity contribution in [1.29, 1.82) is 5.26 Å². The minimum atomic E-state index is -0.392. The average Bonchev–Trinajstić information content (AvgIpc) is 2.62. The van der Waals surface area contributed by atoms with Crippen molar-refractivity contribution in [2.75, 3.05) is 11.1 Å². The van der Waals surface area contributed by atoms with Gasteiger partial charge in [-0.1, -0.05) is 17.8 Å². The summed E-state index contributed by atoms with van der Waals surface area (Å²) in [6.07, 6.45) is 4.11. The lowest BCUT2D eigenvalue weighted by atomic mass is 9.95. The maximum absolute atomic E-state index is 13.3. The van der Waals surface area contributed by atoms with E-state index in [2.05, 4.69) is 16.4 Å². The second-order valence-electron chi connectivity index (χ2n) is 6.06. The second-order valence-corrected chi connectivity index (χ2v) is 7.03. The fraction of sp³-hybridized carbons (Fsp3) is 0.316. The number of rotatable bonds is 4. The second kappa shape index (κ2) is 7.66. The van der Waals surface area contributed by atoms with Gasteiger partial charge in [0.05, 0.1) is 11.3 Å². The lowest BCUT2D eigenvalue weighted by molar-refractivity contribution is -0.113. The molecule has 0 radical (unpaired) electrons. The molecule has 0 saturated carbocycles. The smallest absolute Gasteiger partial charge is 0.234 e. The highest BCUT2D eigenvalue weighted by Gasteiger charge is 2.16. The van der Waals surface area contributed by atoms with Gasteiger partial charge >= 0.3 is 0 Å². The molecule has 1 aromatic heterocycles. The maximum Gasteiger partial charge on any atom is 0.234 e. The first-order chi connectivity index (χ1) is 12.1. The van der Waals surface area contributed by atoms with Crippen molar-refractivity contribution in [1.82, 2.24) is 4.98 Å². The first kappa shape index (κ1) is 17.4. The van der Waals surface area contributed by atoms with E-state index < -0.39 is 5.82 Å². The number of amides is 1. The Hall–Kier alpha value is -2.39. The predicted molar refractivity (Wildman–Crippen MR) is 96.1 cm³/mol. The number of aromatic nitrogens is 1. The highest BCUT2D eigenvalue weighted by molar-refractivity contribution is 8.00. The predicted octanol–water partition coefficient (Wildman–Crippen LogP) is 4.01. The zero-order chi connectivity index (χ0) is 17.8. The number of nitrogens with zero attached hydrogens (tertiary/aromatic N) is 2. The summed E-state index contributed by atoms with van der Waals surface area (Å²) in [5.74, 6) is -0.519. The van der Waals surface area contributed by atoms with Gasteiger partial charge in [-0.05, 0) is 61.9 Å². The summed E-state index contributed by atoms with van der Waals surface area (Å²) < 4.78 is 13.3. The Morgan fingerprint density at radius 1 is 1.36 bits per heavy atom. The number of nitrogens with one attached hydrogen (secondary N) is 1. The average molecular weight is 355 g/mol. The van der Waals surface area contributed by atoms with Gasteiger partial charge in [0.1, 0.15) is 16.9 Å². The van der Waals surface area contributed by atoms with Crippen LogP contribution in [0.3, 0.4) is 0 Å². The summed E-state index contributed by atoms with van der Waals surface area (Å²) in [6, 6.07) is 8.35. The molecule has 1 amide bonds. The molecule has 1 heterocycles. The monoisotopic (exact) mass is 355 g/mol. The Balaban J connectivity index is 1.70. The van der Waals surface area contributed by atoms with Gasteiger partial charge in [0.2, 0.25) is 5.91 Å². The molecule has 0 bridgehead atoms. The quantitative estimate of drug-likeness (QED) is 0.842. The number of halogens is 1. The third kappa shape index (κ3) is 4.18. The standard InChI is InChI=1S/C19H18FN3OS/c1-12-6-7-15(20)9-17(12)22-18(24)11-25-19-14(10-21)8-13-4-2-3-5-16(13)23-19/h6-9H,2-5,11H2,1H3,(H,22,24). The molecule has 128 valence electrons. The molecule has 0 saturated heterocycles. The summed E-state index contributed by atoms with van der Waals surface area (Å²) in [5, 5.41) is 12.6. The first-order valence-electron chi connectivity index (χ1n) is 8.18. The van der Waals surface area contributed by atoms with E-state index in [0.29, 0.717) is 16.3 Å².